The third-order valence-corrected chi connectivity index (χ3v) is 9.46. The molecule has 0 unspecified atom stereocenters. The average Bonchev–Trinajstić information content (AvgIpc) is 2.73. The molecule has 3 aromatic carbocycles. The lowest BCUT2D eigenvalue weighted by Gasteiger charge is -2.30. The highest BCUT2D eigenvalue weighted by molar-refractivity contribution is 7.10. The molecule has 3 rings (SSSR count). The van der Waals surface area contributed by atoms with Gasteiger partial charge in [0.2, 0.25) is 0 Å². The summed E-state index contributed by atoms with van der Waals surface area (Å²) >= 11 is 0. The summed E-state index contributed by atoms with van der Waals surface area (Å²) in [6.07, 6.45) is 0. The second-order valence-electron chi connectivity index (χ2n) is 6.78. The zero-order valence-electron chi connectivity index (χ0n) is 15.5. The number of hydrogen-bond donors (Lipinski definition) is 3. The summed E-state index contributed by atoms with van der Waals surface area (Å²) < 4.78 is 0. The van der Waals surface area contributed by atoms with Crippen LogP contribution in [0.4, 0.5) is 0 Å². The van der Waals surface area contributed by atoms with Gasteiger partial charge in [-0.25, -0.2) is 14.4 Å². The fraction of sp³-hybridized carbons (Fsp3) is 0.0455. The third-order valence-electron chi connectivity index (χ3n) is 5.06. The second-order valence-corrected chi connectivity index (χ2v) is 10.8. The Kier molecular flexibility index (Phi) is 5.34. The number of benzene rings is 3. The summed E-state index contributed by atoms with van der Waals surface area (Å²) in [7, 11) is -2.90. The fourth-order valence-electron chi connectivity index (χ4n) is 3.39. The van der Waals surface area contributed by atoms with Crippen LogP contribution in [0.2, 0.25) is 6.55 Å². The van der Waals surface area contributed by atoms with Gasteiger partial charge in [0.1, 0.15) is 8.07 Å². The number of carboxylic acid groups (broad SMARTS) is 3. The summed E-state index contributed by atoms with van der Waals surface area (Å²) in [5.74, 6) is -3.20. The van der Waals surface area contributed by atoms with Crippen molar-refractivity contribution in [3.8, 4) is 0 Å². The third kappa shape index (κ3) is 3.81. The summed E-state index contributed by atoms with van der Waals surface area (Å²) in [6, 6.07) is 19.6. The molecule has 3 aromatic rings. The lowest BCUT2D eigenvalue weighted by molar-refractivity contribution is 0.0686. The van der Waals surface area contributed by atoms with Crippen LogP contribution in [0.15, 0.2) is 72.8 Å². The molecule has 0 aromatic heterocycles. The monoisotopic (exact) mass is 406 g/mol. The first kappa shape index (κ1) is 20.0. The van der Waals surface area contributed by atoms with E-state index in [0.29, 0.717) is 0 Å². The van der Waals surface area contributed by atoms with E-state index in [4.69, 9.17) is 0 Å². The smallest absolute Gasteiger partial charge is 0.335 e. The molecule has 0 saturated carbocycles. The minimum atomic E-state index is -2.90. The summed E-state index contributed by atoms with van der Waals surface area (Å²) in [5, 5.41) is 30.4. The predicted molar refractivity (Wildman–Crippen MR) is 111 cm³/mol. The van der Waals surface area contributed by atoms with Crippen molar-refractivity contribution in [1.82, 2.24) is 0 Å². The van der Waals surface area contributed by atoms with E-state index < -0.39 is 26.0 Å². The Bertz CT molecular complexity index is 982. The van der Waals surface area contributed by atoms with Gasteiger partial charge in [-0.3, -0.25) is 0 Å². The highest BCUT2D eigenvalue weighted by atomic mass is 28.3. The van der Waals surface area contributed by atoms with E-state index >= 15 is 0 Å². The number of carbonyl (C=O) groups is 3. The van der Waals surface area contributed by atoms with Gasteiger partial charge in [-0.05, 0) is 52.0 Å². The van der Waals surface area contributed by atoms with Gasteiger partial charge in [0.25, 0.3) is 0 Å². The molecule has 0 spiro atoms. The van der Waals surface area contributed by atoms with Crippen molar-refractivity contribution in [2.75, 3.05) is 0 Å². The molecular weight excluding hydrogens is 388 g/mol. The molecule has 0 aliphatic heterocycles. The molecule has 0 heterocycles. The minimum absolute atomic E-state index is 0.116. The standard InChI is InChI=1S/C22H18O6Si/c1-29(17-8-2-5-14(11-17)20(23)24,18-9-3-6-15(12-18)21(25)26)19-10-4-7-16(13-19)22(27)28/h2-13H,1H3,(H,23,24)(H,25,26)(H,27,28). The van der Waals surface area contributed by atoms with E-state index in [1.54, 1.807) is 54.6 Å². The number of aromatic carboxylic acids is 3. The van der Waals surface area contributed by atoms with E-state index in [1.807, 2.05) is 6.55 Å². The van der Waals surface area contributed by atoms with Gasteiger partial charge in [0.05, 0.1) is 16.7 Å². The lowest BCUT2D eigenvalue weighted by atomic mass is 10.2. The van der Waals surface area contributed by atoms with Crippen LogP contribution >= 0.6 is 0 Å². The largest absolute Gasteiger partial charge is 0.478 e. The lowest BCUT2D eigenvalue weighted by Crippen LogP contribution is -2.65. The van der Waals surface area contributed by atoms with Crippen molar-refractivity contribution in [3.63, 3.8) is 0 Å². The molecule has 0 aliphatic rings. The highest BCUT2D eigenvalue weighted by Crippen LogP contribution is 2.12. The Morgan fingerprint density at radius 1 is 0.586 bits per heavy atom. The maximum absolute atomic E-state index is 11.5. The number of carboxylic acids is 3. The summed E-state index contributed by atoms with van der Waals surface area (Å²) in [5.41, 5.74) is 0.347. The van der Waals surface area contributed by atoms with Crippen molar-refractivity contribution < 1.29 is 29.7 Å². The van der Waals surface area contributed by atoms with Crippen molar-refractivity contribution >= 4 is 41.5 Å². The number of hydrogen-bond acceptors (Lipinski definition) is 3. The first-order valence-corrected chi connectivity index (χ1v) is 11.2. The van der Waals surface area contributed by atoms with Crippen LogP contribution < -0.4 is 15.6 Å². The van der Waals surface area contributed by atoms with Crippen LogP contribution in [0, 0.1) is 0 Å². The maximum Gasteiger partial charge on any atom is 0.335 e. The van der Waals surface area contributed by atoms with E-state index in [0.717, 1.165) is 15.6 Å². The molecule has 29 heavy (non-hydrogen) atoms. The van der Waals surface area contributed by atoms with Crippen LogP contribution in [0.5, 0.6) is 0 Å². The van der Waals surface area contributed by atoms with Crippen LogP contribution in [-0.2, 0) is 0 Å². The summed E-state index contributed by atoms with van der Waals surface area (Å²) in [4.78, 5) is 34.5. The van der Waals surface area contributed by atoms with Crippen LogP contribution in [-0.4, -0.2) is 41.3 Å². The van der Waals surface area contributed by atoms with Crippen LogP contribution in [0.3, 0.4) is 0 Å². The van der Waals surface area contributed by atoms with Gasteiger partial charge in [-0.2, -0.15) is 0 Å². The van der Waals surface area contributed by atoms with Gasteiger partial charge in [0.15, 0.2) is 0 Å². The molecule has 7 heteroatoms. The SMILES string of the molecule is C[Si](c1cccc(C(=O)O)c1)(c1cccc(C(=O)O)c1)c1cccc(C(=O)O)c1. The molecule has 146 valence electrons. The van der Waals surface area contributed by atoms with Crippen molar-refractivity contribution in [2.45, 2.75) is 6.55 Å². The van der Waals surface area contributed by atoms with Gasteiger partial charge >= 0.3 is 17.9 Å². The van der Waals surface area contributed by atoms with E-state index in [9.17, 15) is 29.7 Å². The number of rotatable bonds is 6. The van der Waals surface area contributed by atoms with Crippen LogP contribution in [0.25, 0.3) is 0 Å². The quantitative estimate of drug-likeness (QED) is 0.426. The highest BCUT2D eigenvalue weighted by Gasteiger charge is 2.35. The Labute approximate surface area is 167 Å². The Hall–Kier alpha value is -3.71. The average molecular weight is 406 g/mol. The molecule has 0 amide bonds. The molecule has 0 aliphatic carbocycles. The molecule has 0 bridgehead atoms. The Morgan fingerprint density at radius 2 is 0.862 bits per heavy atom. The molecule has 3 N–H and O–H groups in total. The zero-order chi connectivity index (χ0) is 21.2. The van der Waals surface area contributed by atoms with E-state index in [-0.39, 0.29) is 16.7 Å². The molecular formula is C22H18O6Si. The van der Waals surface area contributed by atoms with E-state index in [1.165, 1.54) is 18.2 Å². The molecule has 0 atom stereocenters. The van der Waals surface area contributed by atoms with Crippen molar-refractivity contribution in [3.05, 3.63) is 89.5 Å². The molecule has 0 saturated heterocycles. The van der Waals surface area contributed by atoms with Crippen LogP contribution in [0.1, 0.15) is 31.1 Å². The van der Waals surface area contributed by atoms with Gasteiger partial charge < -0.3 is 15.3 Å². The second kappa shape index (κ2) is 7.73. The molecule has 6 nitrogen and oxygen atoms in total. The molecule has 0 radical (unpaired) electrons. The first-order valence-electron chi connectivity index (χ1n) is 8.75. The van der Waals surface area contributed by atoms with E-state index in [2.05, 4.69) is 0 Å². The van der Waals surface area contributed by atoms with Crippen molar-refractivity contribution in [2.24, 2.45) is 0 Å². The predicted octanol–water partition coefficient (Wildman–Crippen LogP) is 1.88. The maximum atomic E-state index is 11.5. The Balaban J connectivity index is 2.32. The minimum Gasteiger partial charge on any atom is -0.478 e. The first-order chi connectivity index (χ1) is 13.7. The normalized spacial score (nSPS) is 11.1. The fourth-order valence-corrected chi connectivity index (χ4v) is 7.01. The van der Waals surface area contributed by atoms with Crippen molar-refractivity contribution in [1.29, 1.82) is 0 Å². The van der Waals surface area contributed by atoms with Gasteiger partial charge in [-0.15, -0.1) is 0 Å². The van der Waals surface area contributed by atoms with Gasteiger partial charge in [-0.1, -0.05) is 42.9 Å². The Morgan fingerprint density at radius 3 is 1.10 bits per heavy atom. The summed E-state index contributed by atoms with van der Waals surface area (Å²) in [6.45, 7) is 1.95. The zero-order valence-corrected chi connectivity index (χ0v) is 16.5. The molecule has 0 fully saturated rings. The topological polar surface area (TPSA) is 112 Å². The van der Waals surface area contributed by atoms with Gasteiger partial charge in [0, 0.05) is 0 Å².